The first-order valence-corrected chi connectivity index (χ1v) is 5.91. The third kappa shape index (κ3) is 6.12. The number of rotatable bonds is 6. The highest BCUT2D eigenvalue weighted by Gasteiger charge is 2.27. The Morgan fingerprint density at radius 2 is 2.06 bits per heavy atom. The van der Waals surface area contributed by atoms with Crippen LogP contribution in [0.25, 0.3) is 0 Å². The van der Waals surface area contributed by atoms with Crippen LogP contribution in [0, 0.1) is 6.92 Å². The molecule has 0 spiro atoms. The molecule has 0 aromatic heterocycles. The number of alkyl halides is 3. The molecule has 0 aliphatic carbocycles. The molecule has 0 amide bonds. The molecule has 1 rings (SSSR count). The van der Waals surface area contributed by atoms with Crippen molar-refractivity contribution in [1.29, 1.82) is 0 Å². The first kappa shape index (κ1) is 15.1. The van der Waals surface area contributed by atoms with Gasteiger partial charge >= 0.3 is 6.18 Å². The van der Waals surface area contributed by atoms with Crippen molar-refractivity contribution in [3.63, 3.8) is 0 Å². The Morgan fingerprint density at radius 3 is 2.72 bits per heavy atom. The Hall–Kier alpha value is -0.940. The Labute approximate surface area is 109 Å². The van der Waals surface area contributed by atoms with E-state index in [0.29, 0.717) is 18.0 Å². The van der Waals surface area contributed by atoms with Gasteiger partial charge in [0, 0.05) is 13.2 Å². The molecule has 2 nitrogen and oxygen atoms in total. The van der Waals surface area contributed by atoms with Gasteiger partial charge in [-0.1, -0.05) is 17.7 Å². The maximum atomic E-state index is 11.8. The molecule has 0 saturated heterocycles. The Bertz CT molecular complexity index is 382. The smallest absolute Gasteiger partial charge is 0.384 e. The van der Waals surface area contributed by atoms with Crippen LogP contribution in [0.4, 0.5) is 18.9 Å². The van der Waals surface area contributed by atoms with E-state index < -0.39 is 12.8 Å². The molecule has 0 aliphatic heterocycles. The highest BCUT2D eigenvalue weighted by molar-refractivity contribution is 6.33. The van der Waals surface area contributed by atoms with Gasteiger partial charge in [0.15, 0.2) is 0 Å². The Morgan fingerprint density at radius 1 is 1.33 bits per heavy atom. The Kier molecular flexibility index (Phi) is 5.75. The van der Waals surface area contributed by atoms with Crippen molar-refractivity contribution < 1.29 is 17.9 Å². The van der Waals surface area contributed by atoms with Gasteiger partial charge in [-0.3, -0.25) is 0 Å². The van der Waals surface area contributed by atoms with Gasteiger partial charge < -0.3 is 10.1 Å². The average Bonchev–Trinajstić information content (AvgIpc) is 2.26. The maximum absolute atomic E-state index is 11.8. The second kappa shape index (κ2) is 6.85. The summed E-state index contributed by atoms with van der Waals surface area (Å²) in [5, 5.41) is 3.65. The number of hydrogen-bond donors (Lipinski definition) is 1. The van der Waals surface area contributed by atoms with Gasteiger partial charge in [-0.2, -0.15) is 13.2 Å². The van der Waals surface area contributed by atoms with E-state index in [1.807, 2.05) is 19.1 Å². The van der Waals surface area contributed by atoms with Crippen LogP contribution < -0.4 is 5.32 Å². The average molecular weight is 282 g/mol. The van der Waals surface area contributed by atoms with E-state index in [1.165, 1.54) is 0 Å². The minimum atomic E-state index is -4.26. The van der Waals surface area contributed by atoms with Gasteiger partial charge in [0.05, 0.1) is 10.7 Å². The van der Waals surface area contributed by atoms with Crippen molar-refractivity contribution in [2.75, 3.05) is 25.1 Å². The lowest BCUT2D eigenvalue weighted by molar-refractivity contribution is -0.173. The number of nitrogens with one attached hydrogen (secondary N) is 1. The van der Waals surface area contributed by atoms with E-state index in [1.54, 1.807) is 6.07 Å². The molecule has 0 fully saturated rings. The molecule has 0 bridgehead atoms. The summed E-state index contributed by atoms with van der Waals surface area (Å²) in [6, 6.07) is 5.55. The summed E-state index contributed by atoms with van der Waals surface area (Å²) >= 11 is 5.95. The monoisotopic (exact) mass is 281 g/mol. The molecule has 0 aliphatic rings. The zero-order valence-corrected chi connectivity index (χ0v) is 10.7. The fourth-order valence-corrected chi connectivity index (χ4v) is 1.54. The number of anilines is 1. The van der Waals surface area contributed by atoms with Gasteiger partial charge in [0.25, 0.3) is 0 Å². The largest absolute Gasteiger partial charge is 0.411 e. The zero-order chi connectivity index (χ0) is 13.6. The summed E-state index contributed by atoms with van der Waals surface area (Å²) in [5.74, 6) is 0. The summed E-state index contributed by atoms with van der Waals surface area (Å²) in [4.78, 5) is 0. The lowest BCUT2D eigenvalue weighted by Crippen LogP contribution is -2.18. The molecule has 102 valence electrons. The molecule has 0 saturated carbocycles. The minimum Gasteiger partial charge on any atom is -0.384 e. The van der Waals surface area contributed by atoms with Crippen LogP contribution in [0.2, 0.25) is 5.02 Å². The van der Waals surface area contributed by atoms with E-state index >= 15 is 0 Å². The highest BCUT2D eigenvalue weighted by atomic mass is 35.5. The first-order valence-electron chi connectivity index (χ1n) is 5.53. The van der Waals surface area contributed by atoms with Crippen LogP contribution >= 0.6 is 11.6 Å². The molecule has 0 radical (unpaired) electrons. The summed E-state index contributed by atoms with van der Waals surface area (Å²) in [6.45, 7) is 1.32. The fraction of sp³-hybridized carbons (Fsp3) is 0.500. The third-order valence-corrected chi connectivity index (χ3v) is 2.50. The van der Waals surface area contributed by atoms with Crippen molar-refractivity contribution in [2.24, 2.45) is 0 Å². The molecule has 0 atom stereocenters. The maximum Gasteiger partial charge on any atom is 0.411 e. The topological polar surface area (TPSA) is 21.3 Å². The second-order valence-electron chi connectivity index (χ2n) is 3.93. The van der Waals surface area contributed by atoms with Crippen molar-refractivity contribution in [2.45, 2.75) is 19.5 Å². The van der Waals surface area contributed by atoms with Gasteiger partial charge in [-0.15, -0.1) is 0 Å². The van der Waals surface area contributed by atoms with Crippen LogP contribution in [0.15, 0.2) is 18.2 Å². The summed E-state index contributed by atoms with van der Waals surface area (Å²) in [5.41, 5.74) is 1.85. The van der Waals surface area contributed by atoms with E-state index in [2.05, 4.69) is 10.1 Å². The van der Waals surface area contributed by atoms with E-state index in [-0.39, 0.29) is 6.61 Å². The zero-order valence-electron chi connectivity index (χ0n) is 9.98. The first-order chi connectivity index (χ1) is 8.38. The molecule has 1 aromatic carbocycles. The summed E-state index contributed by atoms with van der Waals surface area (Å²) < 4.78 is 39.8. The van der Waals surface area contributed by atoms with Gasteiger partial charge in [0.2, 0.25) is 0 Å². The third-order valence-electron chi connectivity index (χ3n) is 2.17. The molecular weight excluding hydrogens is 267 g/mol. The van der Waals surface area contributed by atoms with Crippen molar-refractivity contribution >= 4 is 17.3 Å². The SMILES string of the molecule is Cc1ccc(Cl)c(NCCCOCC(F)(F)F)c1. The summed E-state index contributed by atoms with van der Waals surface area (Å²) in [7, 11) is 0. The van der Waals surface area contributed by atoms with Crippen LogP contribution in [-0.2, 0) is 4.74 Å². The van der Waals surface area contributed by atoms with Crippen molar-refractivity contribution in [1.82, 2.24) is 0 Å². The lowest BCUT2D eigenvalue weighted by Gasteiger charge is -2.10. The molecule has 18 heavy (non-hydrogen) atoms. The Balaban J connectivity index is 2.20. The number of halogens is 4. The van der Waals surface area contributed by atoms with Crippen LogP contribution in [-0.4, -0.2) is 25.9 Å². The second-order valence-corrected chi connectivity index (χ2v) is 4.34. The van der Waals surface area contributed by atoms with E-state index in [0.717, 1.165) is 11.3 Å². The quantitative estimate of drug-likeness (QED) is 0.795. The normalized spacial score (nSPS) is 11.6. The van der Waals surface area contributed by atoms with Gasteiger partial charge in [0.1, 0.15) is 6.61 Å². The van der Waals surface area contributed by atoms with Gasteiger partial charge in [-0.25, -0.2) is 0 Å². The molecular formula is C12H15ClF3NO. The number of aryl methyl sites for hydroxylation is 1. The fourth-order valence-electron chi connectivity index (χ4n) is 1.36. The van der Waals surface area contributed by atoms with Crippen LogP contribution in [0.1, 0.15) is 12.0 Å². The van der Waals surface area contributed by atoms with Crippen LogP contribution in [0.3, 0.4) is 0 Å². The molecule has 1 aromatic rings. The minimum absolute atomic E-state index is 0.0654. The summed E-state index contributed by atoms with van der Waals surface area (Å²) in [6.07, 6.45) is -3.77. The number of benzene rings is 1. The van der Waals surface area contributed by atoms with Crippen LogP contribution in [0.5, 0.6) is 0 Å². The molecule has 0 heterocycles. The van der Waals surface area contributed by atoms with Gasteiger partial charge in [-0.05, 0) is 31.0 Å². The van der Waals surface area contributed by atoms with Crippen molar-refractivity contribution in [3.05, 3.63) is 28.8 Å². The number of ether oxygens (including phenoxy) is 1. The van der Waals surface area contributed by atoms with Crippen molar-refractivity contribution in [3.8, 4) is 0 Å². The predicted octanol–water partition coefficient (Wildman–Crippen LogP) is 4.03. The van der Waals surface area contributed by atoms with E-state index in [4.69, 9.17) is 11.6 Å². The predicted molar refractivity (Wildman–Crippen MR) is 66.2 cm³/mol. The standard InChI is InChI=1S/C12H15ClF3NO/c1-9-3-4-10(13)11(7-9)17-5-2-6-18-8-12(14,15)16/h3-4,7,17H,2,5-6,8H2,1H3. The molecule has 6 heteroatoms. The lowest BCUT2D eigenvalue weighted by atomic mass is 10.2. The highest BCUT2D eigenvalue weighted by Crippen LogP contribution is 2.22. The molecule has 1 N–H and O–H groups in total. The molecule has 0 unspecified atom stereocenters. The van der Waals surface area contributed by atoms with E-state index in [9.17, 15) is 13.2 Å². The number of hydrogen-bond acceptors (Lipinski definition) is 2.